The van der Waals surface area contributed by atoms with Crippen molar-refractivity contribution in [2.75, 3.05) is 7.11 Å². The molecule has 1 heterocycles. The lowest BCUT2D eigenvalue weighted by Gasteiger charge is -2.34. The number of hydrogen-bond donors (Lipinski definition) is 0. The van der Waals surface area contributed by atoms with Crippen molar-refractivity contribution >= 4 is 11.6 Å². The molecule has 0 radical (unpaired) electrons. The van der Waals surface area contributed by atoms with Crippen LogP contribution in [0.2, 0.25) is 0 Å². The third kappa shape index (κ3) is 4.04. The molecular formula is C27H38N2O3. The topological polar surface area (TPSA) is 51.1 Å². The minimum absolute atomic E-state index is 0.258. The van der Waals surface area contributed by atoms with E-state index >= 15 is 0 Å². The van der Waals surface area contributed by atoms with Gasteiger partial charge in [0.05, 0.1) is 30.4 Å². The number of amides is 1. The Hall–Kier alpha value is -2.04. The van der Waals surface area contributed by atoms with Crippen LogP contribution in [0.3, 0.4) is 0 Å². The predicted molar refractivity (Wildman–Crippen MR) is 126 cm³/mol. The summed E-state index contributed by atoms with van der Waals surface area (Å²) in [5, 5.41) is 7.02. The summed E-state index contributed by atoms with van der Waals surface area (Å²) in [5.74, 6) is 1.82. The van der Waals surface area contributed by atoms with E-state index in [9.17, 15) is 4.79 Å². The third-order valence-electron chi connectivity index (χ3n) is 8.19. The summed E-state index contributed by atoms with van der Waals surface area (Å²) in [6, 6.07) is 6.43. The van der Waals surface area contributed by atoms with Gasteiger partial charge in [-0.3, -0.25) is 4.79 Å². The van der Waals surface area contributed by atoms with Crippen LogP contribution in [0.15, 0.2) is 23.3 Å². The molecule has 5 nitrogen and oxygen atoms in total. The van der Waals surface area contributed by atoms with Crippen molar-refractivity contribution in [1.82, 2.24) is 5.01 Å². The number of ether oxygens (including phenoxy) is 2. The van der Waals surface area contributed by atoms with Crippen molar-refractivity contribution in [3.05, 3.63) is 23.8 Å². The fourth-order valence-electron chi connectivity index (χ4n) is 6.36. The first-order valence-electron chi connectivity index (χ1n) is 13.0. The summed E-state index contributed by atoms with van der Waals surface area (Å²) >= 11 is 0. The lowest BCUT2D eigenvalue weighted by atomic mass is 9.69. The van der Waals surface area contributed by atoms with E-state index in [0.29, 0.717) is 0 Å². The molecule has 0 atom stereocenters. The Morgan fingerprint density at radius 2 is 1.53 bits per heavy atom. The second-order valence-corrected chi connectivity index (χ2v) is 10.3. The lowest BCUT2D eigenvalue weighted by Crippen LogP contribution is -2.44. The number of nitrogens with zero attached hydrogens (tertiary/aromatic N) is 2. The van der Waals surface area contributed by atoms with Crippen LogP contribution in [-0.2, 0) is 4.79 Å². The Balaban J connectivity index is 1.51. The maximum Gasteiger partial charge on any atom is 0.255 e. The molecule has 1 spiro atoms. The van der Waals surface area contributed by atoms with E-state index in [-0.39, 0.29) is 18.1 Å². The minimum Gasteiger partial charge on any atom is -0.493 e. The maximum atomic E-state index is 13.9. The molecule has 32 heavy (non-hydrogen) atoms. The van der Waals surface area contributed by atoms with Crippen molar-refractivity contribution < 1.29 is 14.3 Å². The molecule has 3 fully saturated rings. The Morgan fingerprint density at radius 3 is 2.22 bits per heavy atom. The van der Waals surface area contributed by atoms with Crippen LogP contribution in [-0.4, -0.2) is 35.9 Å². The van der Waals surface area contributed by atoms with E-state index in [4.69, 9.17) is 14.6 Å². The summed E-state index contributed by atoms with van der Waals surface area (Å²) in [4.78, 5) is 13.9. The predicted octanol–water partition coefficient (Wildman–Crippen LogP) is 6.24. The van der Waals surface area contributed by atoms with Crippen LogP contribution < -0.4 is 9.47 Å². The number of hydrazone groups is 1. The molecule has 3 saturated carbocycles. The molecule has 5 rings (SSSR count). The standard InChI is InChI=1S/C27H38N2O3/c1-31-23-16-15-20(19-24(23)32-22-13-7-8-14-22)25-27(17-9-4-10-18-27)26(30)29(28-25)21-11-5-2-3-6-12-21/h15-16,19,21-22H,2-14,17-18H2,1H3. The van der Waals surface area contributed by atoms with Gasteiger partial charge < -0.3 is 9.47 Å². The zero-order chi connectivity index (χ0) is 22.0. The normalized spacial score (nSPS) is 24.6. The maximum absolute atomic E-state index is 13.9. The fourth-order valence-corrected chi connectivity index (χ4v) is 6.36. The molecule has 4 aliphatic rings. The third-order valence-corrected chi connectivity index (χ3v) is 8.19. The number of hydrogen-bond acceptors (Lipinski definition) is 4. The molecule has 0 aromatic heterocycles. The summed E-state index contributed by atoms with van der Waals surface area (Å²) in [6.07, 6.45) is 17.3. The van der Waals surface area contributed by atoms with Crippen LogP contribution in [0, 0.1) is 5.41 Å². The zero-order valence-corrected chi connectivity index (χ0v) is 19.6. The molecule has 0 N–H and O–H groups in total. The van der Waals surface area contributed by atoms with Crippen molar-refractivity contribution in [3.8, 4) is 11.5 Å². The van der Waals surface area contributed by atoms with Crippen LogP contribution in [0.1, 0.15) is 102 Å². The van der Waals surface area contributed by atoms with Gasteiger partial charge in [0, 0.05) is 5.56 Å². The van der Waals surface area contributed by atoms with Gasteiger partial charge in [0.15, 0.2) is 11.5 Å². The van der Waals surface area contributed by atoms with E-state index in [2.05, 4.69) is 12.1 Å². The largest absolute Gasteiger partial charge is 0.493 e. The second-order valence-electron chi connectivity index (χ2n) is 10.3. The molecule has 1 aromatic carbocycles. The van der Waals surface area contributed by atoms with E-state index in [1.54, 1.807) is 7.11 Å². The number of carbonyl (C=O) groups excluding carboxylic acids is 1. The van der Waals surface area contributed by atoms with Gasteiger partial charge in [-0.05, 0) is 69.6 Å². The molecular weight excluding hydrogens is 400 g/mol. The molecule has 0 bridgehead atoms. The van der Waals surface area contributed by atoms with Crippen molar-refractivity contribution in [3.63, 3.8) is 0 Å². The summed E-state index contributed by atoms with van der Waals surface area (Å²) in [5.41, 5.74) is 1.56. The zero-order valence-electron chi connectivity index (χ0n) is 19.6. The highest BCUT2D eigenvalue weighted by Gasteiger charge is 2.53. The Bertz CT molecular complexity index is 844. The highest BCUT2D eigenvalue weighted by molar-refractivity contribution is 6.20. The smallest absolute Gasteiger partial charge is 0.255 e. The van der Waals surface area contributed by atoms with E-state index in [1.165, 1.54) is 44.9 Å². The first kappa shape index (κ1) is 21.8. The van der Waals surface area contributed by atoms with Crippen molar-refractivity contribution in [2.45, 2.75) is 108 Å². The molecule has 3 aliphatic carbocycles. The number of carbonyl (C=O) groups is 1. The summed E-state index contributed by atoms with van der Waals surface area (Å²) in [7, 11) is 1.70. The Morgan fingerprint density at radius 1 is 0.875 bits per heavy atom. The van der Waals surface area contributed by atoms with Gasteiger partial charge in [0.2, 0.25) is 0 Å². The summed E-state index contributed by atoms with van der Waals surface area (Å²) < 4.78 is 12.0. The lowest BCUT2D eigenvalue weighted by molar-refractivity contribution is -0.140. The highest BCUT2D eigenvalue weighted by Crippen LogP contribution is 2.47. The number of benzene rings is 1. The van der Waals surface area contributed by atoms with Crippen molar-refractivity contribution in [2.24, 2.45) is 10.5 Å². The van der Waals surface area contributed by atoms with Crippen LogP contribution in [0.4, 0.5) is 0 Å². The van der Waals surface area contributed by atoms with Gasteiger partial charge in [-0.1, -0.05) is 44.9 Å². The van der Waals surface area contributed by atoms with E-state index in [1.807, 2.05) is 11.1 Å². The molecule has 174 valence electrons. The Labute approximate surface area is 192 Å². The van der Waals surface area contributed by atoms with Crippen LogP contribution >= 0.6 is 0 Å². The van der Waals surface area contributed by atoms with Crippen LogP contribution in [0.25, 0.3) is 0 Å². The van der Waals surface area contributed by atoms with Gasteiger partial charge in [-0.15, -0.1) is 0 Å². The average Bonchev–Trinajstić information content (AvgIpc) is 3.31. The number of methoxy groups -OCH3 is 1. The van der Waals surface area contributed by atoms with Crippen LogP contribution in [0.5, 0.6) is 11.5 Å². The van der Waals surface area contributed by atoms with E-state index < -0.39 is 5.41 Å². The van der Waals surface area contributed by atoms with Gasteiger partial charge >= 0.3 is 0 Å². The summed E-state index contributed by atoms with van der Waals surface area (Å²) in [6.45, 7) is 0. The quantitative estimate of drug-likeness (QED) is 0.512. The highest BCUT2D eigenvalue weighted by atomic mass is 16.5. The monoisotopic (exact) mass is 438 g/mol. The van der Waals surface area contributed by atoms with Crippen molar-refractivity contribution in [1.29, 1.82) is 0 Å². The minimum atomic E-state index is -0.455. The molecule has 0 unspecified atom stereocenters. The first-order chi connectivity index (χ1) is 15.7. The second kappa shape index (κ2) is 9.44. The van der Waals surface area contributed by atoms with Gasteiger partial charge in [-0.2, -0.15) is 5.10 Å². The molecule has 1 aromatic rings. The molecule has 1 amide bonds. The van der Waals surface area contributed by atoms with Gasteiger partial charge in [0.25, 0.3) is 5.91 Å². The molecule has 5 heteroatoms. The molecule has 1 aliphatic heterocycles. The SMILES string of the molecule is COc1ccc(C2=NN(C3CCCCCC3)C(=O)C23CCCCC3)cc1OC1CCCC1. The average molecular weight is 439 g/mol. The van der Waals surface area contributed by atoms with Gasteiger partial charge in [0.1, 0.15) is 0 Å². The van der Waals surface area contributed by atoms with E-state index in [0.717, 1.165) is 74.1 Å². The molecule has 0 saturated heterocycles. The fraction of sp³-hybridized carbons (Fsp3) is 0.704. The number of rotatable bonds is 5. The first-order valence-corrected chi connectivity index (χ1v) is 13.0. The van der Waals surface area contributed by atoms with Gasteiger partial charge in [-0.25, -0.2) is 5.01 Å². The Kier molecular flexibility index (Phi) is 6.43.